The van der Waals surface area contributed by atoms with E-state index in [1.165, 1.54) is 16.7 Å². The molecule has 6 nitrogen and oxygen atoms in total. The second-order valence-corrected chi connectivity index (χ2v) is 8.47. The predicted molar refractivity (Wildman–Crippen MR) is 129 cm³/mol. The topological polar surface area (TPSA) is 95.2 Å². The molecule has 1 atom stereocenters. The molecule has 35 heavy (non-hydrogen) atoms. The number of alkyl halides is 3. The summed E-state index contributed by atoms with van der Waals surface area (Å²) in [7, 11) is 0. The van der Waals surface area contributed by atoms with Gasteiger partial charge in [0.25, 0.3) is 0 Å². The van der Waals surface area contributed by atoms with Crippen LogP contribution < -0.4 is 5.73 Å². The Morgan fingerprint density at radius 3 is 2.34 bits per heavy atom. The van der Waals surface area contributed by atoms with E-state index in [-0.39, 0.29) is 0 Å². The van der Waals surface area contributed by atoms with Crippen molar-refractivity contribution < 1.29 is 23.1 Å². The number of nitrogens with one attached hydrogen (secondary N) is 1. The largest absolute Gasteiger partial charge is 0.490 e. The Morgan fingerprint density at radius 2 is 1.71 bits per heavy atom. The fourth-order valence-corrected chi connectivity index (χ4v) is 4.00. The number of fused-ring (bicyclic) bond motifs is 1. The number of carbonyl (C=O) groups is 1. The molecule has 0 aliphatic carbocycles. The number of imidazole rings is 1. The maximum Gasteiger partial charge on any atom is 0.490 e. The van der Waals surface area contributed by atoms with Crippen LogP contribution in [0.2, 0.25) is 0 Å². The first-order valence-corrected chi connectivity index (χ1v) is 11.1. The van der Waals surface area contributed by atoms with Gasteiger partial charge in [0.05, 0.1) is 11.0 Å². The third kappa shape index (κ3) is 6.26. The highest BCUT2D eigenvalue weighted by Gasteiger charge is 2.38. The number of H-pyrrole nitrogens is 1. The number of hydrogen-bond donors (Lipinski definition) is 3. The summed E-state index contributed by atoms with van der Waals surface area (Å²) in [6.45, 7) is 3.08. The molecule has 0 saturated carbocycles. The summed E-state index contributed by atoms with van der Waals surface area (Å²) in [6.07, 6.45) is -3.98. The van der Waals surface area contributed by atoms with E-state index in [1.54, 1.807) is 0 Å². The quantitative estimate of drug-likeness (QED) is 0.378. The van der Waals surface area contributed by atoms with E-state index < -0.39 is 12.1 Å². The zero-order valence-electron chi connectivity index (χ0n) is 18.8. The van der Waals surface area contributed by atoms with Crippen molar-refractivity contribution in [1.82, 2.24) is 14.9 Å². The number of carboxylic acids is 1. The third-order valence-corrected chi connectivity index (χ3v) is 5.77. The minimum absolute atomic E-state index is 0.334. The lowest BCUT2D eigenvalue weighted by Crippen LogP contribution is -2.26. The molecule has 1 aromatic heterocycles. The van der Waals surface area contributed by atoms with Gasteiger partial charge in [-0.3, -0.25) is 4.90 Å². The number of rotatable bonds is 4. The Morgan fingerprint density at radius 1 is 1.03 bits per heavy atom. The first-order chi connectivity index (χ1) is 16.7. The van der Waals surface area contributed by atoms with Crippen LogP contribution >= 0.6 is 0 Å². The van der Waals surface area contributed by atoms with E-state index in [0.29, 0.717) is 6.04 Å². The number of para-hydroxylation sites is 2. The smallest absolute Gasteiger partial charge is 0.475 e. The van der Waals surface area contributed by atoms with Crippen LogP contribution in [0.3, 0.4) is 0 Å². The molecule has 0 radical (unpaired) electrons. The molecule has 1 saturated heterocycles. The number of nitrogens with two attached hydrogens (primary N) is 1. The molecule has 0 amide bonds. The summed E-state index contributed by atoms with van der Waals surface area (Å²) in [5, 5.41) is 7.12. The molecule has 2 heterocycles. The molecule has 1 unspecified atom stereocenters. The van der Waals surface area contributed by atoms with Crippen molar-refractivity contribution in [2.75, 3.05) is 13.1 Å². The molecule has 4 aromatic rings. The molecule has 182 valence electrons. The zero-order valence-corrected chi connectivity index (χ0v) is 18.8. The number of aromatic nitrogens is 2. The summed E-state index contributed by atoms with van der Waals surface area (Å²) in [5.41, 5.74) is 12.9. The number of halogens is 3. The normalized spacial score (nSPS) is 16.2. The number of benzene rings is 3. The Balaban J connectivity index is 0.000000364. The van der Waals surface area contributed by atoms with Gasteiger partial charge in [0.15, 0.2) is 0 Å². The molecule has 9 heteroatoms. The van der Waals surface area contributed by atoms with E-state index >= 15 is 0 Å². The minimum atomic E-state index is -5.08. The van der Waals surface area contributed by atoms with Crippen LogP contribution in [0.15, 0.2) is 72.8 Å². The van der Waals surface area contributed by atoms with Crippen molar-refractivity contribution in [3.8, 4) is 22.5 Å². The average molecular weight is 483 g/mol. The maximum absolute atomic E-state index is 10.6. The van der Waals surface area contributed by atoms with E-state index in [9.17, 15) is 13.2 Å². The van der Waals surface area contributed by atoms with Gasteiger partial charge in [0.2, 0.25) is 0 Å². The Labute approximate surface area is 200 Å². The SMILES string of the molecule is NC1CCN(Cc2ccc(-c3cccc(-c4nc5ccccc5[nH]4)c3)cc2)C1.O=C(O)C(F)(F)F. The molecular formula is C26H25F3N4O2. The summed E-state index contributed by atoms with van der Waals surface area (Å²) >= 11 is 0. The monoisotopic (exact) mass is 482 g/mol. The van der Waals surface area contributed by atoms with Gasteiger partial charge in [-0.1, -0.05) is 54.6 Å². The molecule has 0 spiro atoms. The van der Waals surface area contributed by atoms with E-state index in [4.69, 9.17) is 20.6 Å². The van der Waals surface area contributed by atoms with Crippen LogP contribution in [0.4, 0.5) is 13.2 Å². The summed E-state index contributed by atoms with van der Waals surface area (Å²) in [5.74, 6) is -1.85. The van der Waals surface area contributed by atoms with Gasteiger partial charge >= 0.3 is 12.1 Å². The number of likely N-dealkylation sites (tertiary alicyclic amines) is 1. The predicted octanol–water partition coefficient (Wildman–Crippen LogP) is 5.06. The van der Waals surface area contributed by atoms with Gasteiger partial charge in [-0.15, -0.1) is 0 Å². The maximum atomic E-state index is 10.6. The number of carboxylic acid groups (broad SMARTS) is 1. The summed E-state index contributed by atoms with van der Waals surface area (Å²) in [4.78, 5) is 19.5. The standard InChI is InChI=1S/C24H24N4.C2HF3O2/c25-21-12-13-28(16-21)15-17-8-10-18(11-9-17)19-4-3-5-20(14-19)24-26-22-6-1-2-7-23(22)27-24;3-2(4,5)1(6)7/h1-11,14,21H,12-13,15-16,25H2,(H,26,27);(H,6,7). The van der Waals surface area contributed by atoms with Gasteiger partial charge in [-0.25, -0.2) is 9.78 Å². The second kappa shape index (κ2) is 10.3. The van der Waals surface area contributed by atoms with Crippen molar-refractivity contribution in [3.05, 3.63) is 78.4 Å². The molecule has 1 aliphatic rings. The van der Waals surface area contributed by atoms with Crippen LogP contribution in [0, 0.1) is 0 Å². The third-order valence-electron chi connectivity index (χ3n) is 5.77. The highest BCUT2D eigenvalue weighted by molar-refractivity contribution is 5.80. The van der Waals surface area contributed by atoms with Gasteiger partial charge < -0.3 is 15.8 Å². The lowest BCUT2D eigenvalue weighted by atomic mass is 10.0. The van der Waals surface area contributed by atoms with Gasteiger partial charge in [-0.05, 0) is 41.3 Å². The Kier molecular flexibility index (Phi) is 7.18. The highest BCUT2D eigenvalue weighted by atomic mass is 19.4. The van der Waals surface area contributed by atoms with Gasteiger partial charge in [-0.2, -0.15) is 13.2 Å². The Hall–Kier alpha value is -3.69. The van der Waals surface area contributed by atoms with Crippen molar-refractivity contribution in [3.63, 3.8) is 0 Å². The van der Waals surface area contributed by atoms with Crippen LogP contribution in [-0.2, 0) is 11.3 Å². The van der Waals surface area contributed by atoms with Crippen molar-refractivity contribution in [1.29, 1.82) is 0 Å². The molecule has 1 aliphatic heterocycles. The van der Waals surface area contributed by atoms with Crippen LogP contribution in [0.25, 0.3) is 33.5 Å². The van der Waals surface area contributed by atoms with Crippen LogP contribution in [0.1, 0.15) is 12.0 Å². The Bertz CT molecular complexity index is 1270. The molecule has 5 rings (SSSR count). The van der Waals surface area contributed by atoms with E-state index in [0.717, 1.165) is 48.5 Å². The fraction of sp³-hybridized carbons (Fsp3) is 0.231. The second-order valence-electron chi connectivity index (χ2n) is 8.47. The van der Waals surface area contributed by atoms with Crippen molar-refractivity contribution in [2.45, 2.75) is 25.2 Å². The molecule has 3 aromatic carbocycles. The van der Waals surface area contributed by atoms with Crippen LogP contribution in [0.5, 0.6) is 0 Å². The summed E-state index contributed by atoms with van der Waals surface area (Å²) in [6, 6.07) is 25.9. The fourth-order valence-electron chi connectivity index (χ4n) is 4.00. The first kappa shape index (κ1) is 24.4. The average Bonchev–Trinajstić information content (AvgIpc) is 3.45. The zero-order chi connectivity index (χ0) is 25.0. The van der Waals surface area contributed by atoms with Crippen LogP contribution in [-0.4, -0.2) is 51.3 Å². The molecule has 0 bridgehead atoms. The number of hydrogen-bond acceptors (Lipinski definition) is 4. The van der Waals surface area contributed by atoms with Crippen molar-refractivity contribution >= 4 is 17.0 Å². The molecule has 1 fully saturated rings. The molecule has 4 N–H and O–H groups in total. The lowest BCUT2D eigenvalue weighted by Gasteiger charge is -2.15. The molecular weight excluding hydrogens is 457 g/mol. The van der Waals surface area contributed by atoms with E-state index in [2.05, 4.69) is 64.5 Å². The van der Waals surface area contributed by atoms with Gasteiger partial charge in [0, 0.05) is 31.2 Å². The number of aliphatic carboxylic acids is 1. The lowest BCUT2D eigenvalue weighted by molar-refractivity contribution is -0.192. The highest BCUT2D eigenvalue weighted by Crippen LogP contribution is 2.27. The van der Waals surface area contributed by atoms with Gasteiger partial charge in [0.1, 0.15) is 5.82 Å². The van der Waals surface area contributed by atoms with E-state index in [1.807, 2.05) is 18.2 Å². The first-order valence-electron chi connectivity index (χ1n) is 11.1. The minimum Gasteiger partial charge on any atom is -0.475 e. The van der Waals surface area contributed by atoms with Crippen molar-refractivity contribution in [2.24, 2.45) is 5.73 Å². The summed E-state index contributed by atoms with van der Waals surface area (Å²) < 4.78 is 31.7. The number of nitrogens with zero attached hydrogens (tertiary/aromatic N) is 2. The number of aromatic amines is 1.